The number of methoxy groups -OCH3 is 1. The number of ether oxygens (including phenoxy) is 1. The molecule has 0 aromatic heterocycles. The molecule has 0 bridgehead atoms. The van der Waals surface area contributed by atoms with Gasteiger partial charge in [0, 0.05) is 11.6 Å². The molecular weight excluding hydrogens is 365 g/mol. The molecular formula is C13H9Cl2N3O4S. The molecule has 0 atom stereocenters. The summed E-state index contributed by atoms with van der Waals surface area (Å²) >= 11 is 12.6. The lowest BCUT2D eigenvalue weighted by atomic mass is 10.2. The third-order valence-corrected chi connectivity index (χ3v) is 4.04. The number of thioether (sulfide) groups is 1. The van der Waals surface area contributed by atoms with E-state index in [2.05, 4.69) is 20.3 Å². The van der Waals surface area contributed by atoms with E-state index in [0.29, 0.717) is 5.56 Å². The number of nitrogens with zero attached hydrogens (tertiary/aromatic N) is 2. The average Bonchev–Trinajstić information content (AvgIpc) is 2.84. The van der Waals surface area contributed by atoms with Gasteiger partial charge in [-0.3, -0.25) is 10.1 Å². The van der Waals surface area contributed by atoms with E-state index in [1.807, 2.05) is 0 Å². The van der Waals surface area contributed by atoms with E-state index in [0.717, 1.165) is 17.8 Å². The molecule has 7 nitrogen and oxygen atoms in total. The second-order valence-electron chi connectivity index (χ2n) is 4.06. The zero-order chi connectivity index (χ0) is 17.0. The van der Waals surface area contributed by atoms with Crippen LogP contribution in [0.2, 0.25) is 10.0 Å². The standard InChI is InChI=1S/C13H9Cl2N3O4S/c1-22-11(20)4-10-12(21)17-13(23-10)18-16-5-6-2-9(19)8(15)3-7(6)14/h2-5,19H,1H3,(H,17,18,21)/b10-4+,16-5?. The summed E-state index contributed by atoms with van der Waals surface area (Å²) in [7, 11) is 1.21. The van der Waals surface area contributed by atoms with Crippen LogP contribution >= 0.6 is 35.0 Å². The van der Waals surface area contributed by atoms with Crippen LogP contribution in [0.1, 0.15) is 5.56 Å². The zero-order valence-corrected chi connectivity index (χ0v) is 13.9. The number of rotatable bonds is 3. The number of amides is 1. The summed E-state index contributed by atoms with van der Waals surface area (Å²) in [6, 6.07) is 2.70. The third kappa shape index (κ3) is 4.47. The second-order valence-corrected chi connectivity index (χ2v) is 5.91. The summed E-state index contributed by atoms with van der Waals surface area (Å²) in [5, 5.41) is 20.1. The second kappa shape index (κ2) is 7.49. The van der Waals surface area contributed by atoms with E-state index < -0.39 is 11.9 Å². The Hall–Kier alpha value is -2.03. The molecule has 23 heavy (non-hydrogen) atoms. The lowest BCUT2D eigenvalue weighted by molar-refractivity contribution is -0.135. The van der Waals surface area contributed by atoms with Crippen LogP contribution in [-0.2, 0) is 14.3 Å². The van der Waals surface area contributed by atoms with Crippen LogP contribution in [0, 0.1) is 0 Å². The summed E-state index contributed by atoms with van der Waals surface area (Å²) in [6.07, 6.45) is 2.35. The molecule has 1 amide bonds. The molecule has 1 aromatic rings. The van der Waals surface area contributed by atoms with Crippen LogP contribution in [0.15, 0.2) is 33.3 Å². The van der Waals surface area contributed by atoms with E-state index in [9.17, 15) is 14.7 Å². The van der Waals surface area contributed by atoms with Gasteiger partial charge in [0.2, 0.25) is 0 Å². The fraction of sp³-hybridized carbons (Fsp3) is 0.0769. The highest BCUT2D eigenvalue weighted by Crippen LogP contribution is 2.29. The van der Waals surface area contributed by atoms with Crippen LogP contribution in [0.5, 0.6) is 5.75 Å². The maximum atomic E-state index is 11.6. The lowest BCUT2D eigenvalue weighted by Crippen LogP contribution is -2.19. The fourth-order valence-electron chi connectivity index (χ4n) is 1.44. The Morgan fingerprint density at radius 3 is 2.83 bits per heavy atom. The predicted molar refractivity (Wildman–Crippen MR) is 89.0 cm³/mol. The summed E-state index contributed by atoms with van der Waals surface area (Å²) in [4.78, 5) is 22.8. The largest absolute Gasteiger partial charge is 0.506 e. The van der Waals surface area contributed by atoms with Crippen molar-refractivity contribution < 1.29 is 19.4 Å². The number of benzene rings is 1. The SMILES string of the molecule is COC(=O)/C=C1/S/C(=N\N=Cc2cc(O)c(Cl)cc2Cl)NC1=O. The monoisotopic (exact) mass is 373 g/mol. The molecule has 0 spiro atoms. The first-order chi connectivity index (χ1) is 10.9. The third-order valence-electron chi connectivity index (χ3n) is 2.51. The van der Waals surface area contributed by atoms with Gasteiger partial charge in [0.15, 0.2) is 5.17 Å². The number of hydrogen-bond acceptors (Lipinski definition) is 7. The quantitative estimate of drug-likeness (QED) is 0.366. The molecule has 1 aliphatic rings. The van der Waals surface area contributed by atoms with Crippen molar-refractivity contribution >= 4 is 58.2 Å². The van der Waals surface area contributed by atoms with Gasteiger partial charge in [0.05, 0.1) is 28.3 Å². The van der Waals surface area contributed by atoms with Crippen molar-refractivity contribution in [3.63, 3.8) is 0 Å². The van der Waals surface area contributed by atoms with E-state index in [1.165, 1.54) is 25.5 Å². The van der Waals surface area contributed by atoms with Gasteiger partial charge in [0.25, 0.3) is 5.91 Å². The van der Waals surface area contributed by atoms with Crippen LogP contribution < -0.4 is 5.32 Å². The Morgan fingerprint density at radius 2 is 2.13 bits per heavy atom. The first-order valence-corrected chi connectivity index (χ1v) is 7.56. The van der Waals surface area contributed by atoms with E-state index in [-0.39, 0.29) is 25.9 Å². The normalized spacial score (nSPS) is 18.0. The molecule has 1 fully saturated rings. The Balaban J connectivity index is 2.13. The molecule has 0 unspecified atom stereocenters. The zero-order valence-electron chi connectivity index (χ0n) is 11.5. The average molecular weight is 374 g/mol. The highest BCUT2D eigenvalue weighted by molar-refractivity contribution is 8.18. The number of amidine groups is 1. The molecule has 1 aliphatic heterocycles. The van der Waals surface area contributed by atoms with Crippen molar-refractivity contribution in [2.45, 2.75) is 0 Å². The van der Waals surface area contributed by atoms with Crippen LogP contribution in [0.25, 0.3) is 0 Å². The van der Waals surface area contributed by atoms with Crippen molar-refractivity contribution in [3.05, 3.63) is 38.7 Å². The van der Waals surface area contributed by atoms with Crippen molar-refractivity contribution in [3.8, 4) is 5.75 Å². The topological polar surface area (TPSA) is 100 Å². The first-order valence-electron chi connectivity index (χ1n) is 5.98. The Kier molecular flexibility index (Phi) is 5.64. The fourth-order valence-corrected chi connectivity index (χ4v) is 2.61. The first kappa shape index (κ1) is 17.3. The summed E-state index contributed by atoms with van der Waals surface area (Å²) in [5.41, 5.74) is 0.401. The van der Waals surface area contributed by atoms with Gasteiger partial charge in [-0.05, 0) is 23.9 Å². The van der Waals surface area contributed by atoms with Crippen molar-refractivity contribution in [2.24, 2.45) is 10.2 Å². The Morgan fingerprint density at radius 1 is 1.39 bits per heavy atom. The number of esters is 1. The van der Waals surface area contributed by atoms with Gasteiger partial charge in [0.1, 0.15) is 5.75 Å². The number of carbonyl (C=O) groups excluding carboxylic acids is 2. The summed E-state index contributed by atoms with van der Waals surface area (Å²) in [5.74, 6) is -1.26. The van der Waals surface area contributed by atoms with Crippen molar-refractivity contribution in [2.75, 3.05) is 7.11 Å². The molecule has 10 heteroatoms. The molecule has 1 saturated heterocycles. The highest BCUT2D eigenvalue weighted by atomic mass is 35.5. The molecule has 1 heterocycles. The number of nitrogens with one attached hydrogen (secondary N) is 1. The number of aromatic hydroxyl groups is 1. The van der Waals surface area contributed by atoms with Gasteiger partial charge >= 0.3 is 5.97 Å². The molecule has 0 radical (unpaired) electrons. The number of phenolic OH excluding ortho intramolecular Hbond substituents is 1. The Bertz CT molecular complexity index is 762. The minimum atomic E-state index is -0.643. The molecule has 2 N–H and O–H groups in total. The number of halogens is 2. The van der Waals surface area contributed by atoms with Gasteiger partial charge in [-0.25, -0.2) is 4.79 Å². The smallest absolute Gasteiger partial charge is 0.331 e. The van der Waals surface area contributed by atoms with Crippen LogP contribution in [-0.4, -0.2) is 35.5 Å². The maximum Gasteiger partial charge on any atom is 0.331 e. The molecule has 0 saturated carbocycles. The maximum absolute atomic E-state index is 11.6. The molecule has 0 aliphatic carbocycles. The lowest BCUT2D eigenvalue weighted by Gasteiger charge is -2.00. The number of carbonyl (C=O) groups is 2. The predicted octanol–water partition coefficient (Wildman–Crippen LogP) is 2.31. The molecule has 2 rings (SSSR count). The number of hydrogen-bond donors (Lipinski definition) is 2. The van der Waals surface area contributed by atoms with Gasteiger partial charge in [-0.15, -0.1) is 5.10 Å². The number of phenols is 1. The summed E-state index contributed by atoms with van der Waals surface area (Å²) < 4.78 is 4.44. The van der Waals surface area contributed by atoms with E-state index >= 15 is 0 Å². The minimum absolute atomic E-state index is 0.120. The highest BCUT2D eigenvalue weighted by Gasteiger charge is 2.24. The molecule has 120 valence electrons. The van der Waals surface area contributed by atoms with Crippen LogP contribution in [0.4, 0.5) is 0 Å². The van der Waals surface area contributed by atoms with Crippen LogP contribution in [0.3, 0.4) is 0 Å². The minimum Gasteiger partial charge on any atom is -0.506 e. The van der Waals surface area contributed by atoms with Crippen molar-refractivity contribution in [1.29, 1.82) is 0 Å². The van der Waals surface area contributed by atoms with Gasteiger partial charge in [-0.1, -0.05) is 23.2 Å². The van der Waals surface area contributed by atoms with Gasteiger partial charge < -0.3 is 9.84 Å². The van der Waals surface area contributed by atoms with E-state index in [4.69, 9.17) is 23.2 Å². The van der Waals surface area contributed by atoms with Gasteiger partial charge in [-0.2, -0.15) is 5.10 Å². The molecule has 1 aromatic carbocycles. The summed E-state index contributed by atoms with van der Waals surface area (Å²) in [6.45, 7) is 0. The van der Waals surface area contributed by atoms with E-state index in [1.54, 1.807) is 0 Å². The Labute approximate surface area is 145 Å². The van der Waals surface area contributed by atoms with Crippen molar-refractivity contribution in [1.82, 2.24) is 5.32 Å².